The van der Waals surface area contributed by atoms with E-state index in [-0.39, 0.29) is 34.6 Å². The average Bonchev–Trinajstić information content (AvgIpc) is 2.70. The molecule has 1 aliphatic carbocycles. The summed E-state index contributed by atoms with van der Waals surface area (Å²) in [5, 5.41) is 29.8. The molecule has 7 nitrogen and oxygen atoms in total. The van der Waals surface area contributed by atoms with E-state index >= 15 is 0 Å². The van der Waals surface area contributed by atoms with Gasteiger partial charge in [-0.15, -0.1) is 0 Å². The van der Waals surface area contributed by atoms with Crippen LogP contribution in [0.1, 0.15) is 64.4 Å². The SMILES string of the molecule is C=C(NC(=C)C1CCCCC1)/C(=N\Oc1cc(C(C)C)c(O)cc1O)C(=O)NCC. The predicted octanol–water partition coefficient (Wildman–Crippen LogP) is 4.29. The maximum Gasteiger partial charge on any atom is 0.275 e. The molecule has 0 bridgehead atoms. The largest absolute Gasteiger partial charge is 0.508 e. The highest BCUT2D eigenvalue weighted by molar-refractivity contribution is 6.44. The molecule has 0 spiro atoms. The van der Waals surface area contributed by atoms with Gasteiger partial charge in [0.25, 0.3) is 5.91 Å². The van der Waals surface area contributed by atoms with Crippen molar-refractivity contribution < 1.29 is 19.8 Å². The van der Waals surface area contributed by atoms with E-state index in [0.29, 0.717) is 18.0 Å². The molecule has 1 fully saturated rings. The maximum atomic E-state index is 12.5. The zero-order chi connectivity index (χ0) is 22.3. The lowest BCUT2D eigenvalue weighted by Crippen LogP contribution is -2.36. The minimum atomic E-state index is -0.450. The maximum absolute atomic E-state index is 12.5. The molecule has 1 aromatic carbocycles. The van der Waals surface area contributed by atoms with Crippen LogP contribution in [0, 0.1) is 5.92 Å². The van der Waals surface area contributed by atoms with E-state index < -0.39 is 5.91 Å². The van der Waals surface area contributed by atoms with Gasteiger partial charge in [0.15, 0.2) is 17.2 Å². The molecule has 164 valence electrons. The van der Waals surface area contributed by atoms with Gasteiger partial charge in [-0.1, -0.05) is 51.4 Å². The molecule has 2 rings (SSSR count). The summed E-state index contributed by atoms with van der Waals surface area (Å²) in [7, 11) is 0. The molecule has 1 saturated carbocycles. The van der Waals surface area contributed by atoms with Crippen molar-refractivity contribution in [2.45, 2.75) is 58.8 Å². The highest BCUT2D eigenvalue weighted by Crippen LogP contribution is 2.37. The van der Waals surface area contributed by atoms with Gasteiger partial charge >= 0.3 is 0 Å². The Kier molecular flexibility index (Phi) is 8.33. The number of phenols is 2. The summed E-state index contributed by atoms with van der Waals surface area (Å²) in [6.45, 7) is 14.1. The van der Waals surface area contributed by atoms with Gasteiger partial charge in [0.1, 0.15) is 5.75 Å². The zero-order valence-electron chi connectivity index (χ0n) is 18.1. The van der Waals surface area contributed by atoms with Crippen LogP contribution in [0.4, 0.5) is 0 Å². The third kappa shape index (κ3) is 6.02. The zero-order valence-corrected chi connectivity index (χ0v) is 18.1. The third-order valence-corrected chi connectivity index (χ3v) is 5.21. The Morgan fingerprint density at radius 3 is 2.47 bits per heavy atom. The van der Waals surface area contributed by atoms with Crippen LogP contribution < -0.4 is 15.5 Å². The van der Waals surface area contributed by atoms with Crippen molar-refractivity contribution in [3.8, 4) is 17.2 Å². The number of rotatable bonds is 9. The summed E-state index contributed by atoms with van der Waals surface area (Å²) in [6.07, 6.45) is 5.68. The summed E-state index contributed by atoms with van der Waals surface area (Å²) in [5.41, 5.74) is 1.65. The van der Waals surface area contributed by atoms with Crippen LogP contribution in [0.5, 0.6) is 17.2 Å². The van der Waals surface area contributed by atoms with Crippen molar-refractivity contribution >= 4 is 11.6 Å². The van der Waals surface area contributed by atoms with Crippen molar-refractivity contribution in [2.75, 3.05) is 6.54 Å². The van der Waals surface area contributed by atoms with Crippen LogP contribution >= 0.6 is 0 Å². The van der Waals surface area contributed by atoms with Crippen LogP contribution in [-0.4, -0.2) is 28.4 Å². The van der Waals surface area contributed by atoms with Gasteiger partial charge in [-0.2, -0.15) is 0 Å². The number of carbonyl (C=O) groups is 1. The fraction of sp³-hybridized carbons (Fsp3) is 0.478. The fourth-order valence-corrected chi connectivity index (χ4v) is 3.49. The van der Waals surface area contributed by atoms with Crippen molar-refractivity contribution in [3.05, 3.63) is 42.2 Å². The van der Waals surface area contributed by atoms with Gasteiger partial charge in [0.2, 0.25) is 0 Å². The van der Waals surface area contributed by atoms with Crippen LogP contribution in [-0.2, 0) is 4.79 Å². The van der Waals surface area contributed by atoms with Crippen molar-refractivity contribution in [1.82, 2.24) is 10.6 Å². The molecule has 30 heavy (non-hydrogen) atoms. The number of carbonyl (C=O) groups excluding carboxylic acids is 1. The first kappa shape index (κ1) is 23.3. The Labute approximate surface area is 178 Å². The van der Waals surface area contributed by atoms with Crippen molar-refractivity contribution in [3.63, 3.8) is 0 Å². The van der Waals surface area contributed by atoms with Crippen molar-refractivity contribution in [2.24, 2.45) is 11.1 Å². The van der Waals surface area contributed by atoms with E-state index in [9.17, 15) is 15.0 Å². The van der Waals surface area contributed by atoms with E-state index in [1.807, 2.05) is 13.8 Å². The lowest BCUT2D eigenvalue weighted by atomic mass is 9.87. The number of benzene rings is 1. The molecule has 0 unspecified atom stereocenters. The Morgan fingerprint density at radius 2 is 1.87 bits per heavy atom. The normalized spacial score (nSPS) is 15.0. The van der Waals surface area contributed by atoms with Crippen molar-refractivity contribution in [1.29, 1.82) is 0 Å². The number of hydrogen-bond donors (Lipinski definition) is 4. The Morgan fingerprint density at radius 1 is 1.20 bits per heavy atom. The minimum absolute atomic E-state index is 0.00948. The van der Waals surface area contributed by atoms with E-state index in [2.05, 4.69) is 28.9 Å². The Balaban J connectivity index is 2.22. The van der Waals surface area contributed by atoms with Gasteiger partial charge < -0.3 is 25.7 Å². The first-order valence-electron chi connectivity index (χ1n) is 10.5. The summed E-state index contributed by atoms with van der Waals surface area (Å²) in [4.78, 5) is 17.9. The molecule has 1 aromatic rings. The molecule has 0 aromatic heterocycles. The topological polar surface area (TPSA) is 103 Å². The Hall–Kier alpha value is -2.96. The molecular weight excluding hydrogens is 382 g/mol. The summed E-state index contributed by atoms with van der Waals surface area (Å²) in [6, 6.07) is 2.70. The lowest BCUT2D eigenvalue weighted by molar-refractivity contribution is -0.114. The number of aromatic hydroxyl groups is 2. The molecule has 0 heterocycles. The number of oxime groups is 1. The third-order valence-electron chi connectivity index (χ3n) is 5.21. The monoisotopic (exact) mass is 415 g/mol. The first-order chi connectivity index (χ1) is 14.2. The first-order valence-corrected chi connectivity index (χ1v) is 10.5. The molecule has 0 saturated heterocycles. The van der Waals surface area contributed by atoms with Crippen LogP contribution in [0.2, 0.25) is 0 Å². The highest BCUT2D eigenvalue weighted by atomic mass is 16.6. The second-order valence-electron chi connectivity index (χ2n) is 7.89. The molecule has 4 N–H and O–H groups in total. The number of amides is 1. The van der Waals surface area contributed by atoms with E-state index in [1.54, 1.807) is 6.92 Å². The van der Waals surface area contributed by atoms with E-state index in [0.717, 1.165) is 31.4 Å². The number of hydrogen-bond acceptors (Lipinski definition) is 6. The Bertz CT molecular complexity index is 824. The summed E-state index contributed by atoms with van der Waals surface area (Å²) < 4.78 is 0. The molecule has 1 aliphatic rings. The van der Waals surface area contributed by atoms with Gasteiger partial charge in [-0.3, -0.25) is 4.79 Å². The van der Waals surface area contributed by atoms with Gasteiger partial charge in [-0.25, -0.2) is 0 Å². The highest BCUT2D eigenvalue weighted by Gasteiger charge is 2.21. The minimum Gasteiger partial charge on any atom is -0.508 e. The molecule has 1 amide bonds. The number of phenolic OH excluding ortho intramolecular Hbond substituents is 2. The molecule has 0 aliphatic heterocycles. The smallest absolute Gasteiger partial charge is 0.275 e. The van der Waals surface area contributed by atoms with E-state index in [4.69, 9.17) is 4.84 Å². The van der Waals surface area contributed by atoms with E-state index in [1.165, 1.54) is 18.6 Å². The van der Waals surface area contributed by atoms with Crippen LogP contribution in [0.15, 0.2) is 41.8 Å². The second-order valence-corrected chi connectivity index (χ2v) is 7.89. The number of nitrogens with one attached hydrogen (secondary N) is 2. The summed E-state index contributed by atoms with van der Waals surface area (Å²) in [5.74, 6) is -0.374. The van der Waals surface area contributed by atoms with Gasteiger partial charge in [0, 0.05) is 23.9 Å². The lowest BCUT2D eigenvalue weighted by Gasteiger charge is -2.25. The van der Waals surface area contributed by atoms with Crippen LogP contribution in [0.25, 0.3) is 0 Å². The molecule has 7 heteroatoms. The number of nitrogens with zero attached hydrogens (tertiary/aromatic N) is 1. The van der Waals surface area contributed by atoms with Gasteiger partial charge in [-0.05, 0) is 37.7 Å². The summed E-state index contributed by atoms with van der Waals surface area (Å²) >= 11 is 0. The quantitative estimate of drug-likeness (QED) is 0.356. The number of allylic oxidation sites excluding steroid dienone is 1. The molecular formula is C23H33N3O4. The fourth-order valence-electron chi connectivity index (χ4n) is 3.49. The molecule has 0 radical (unpaired) electrons. The van der Waals surface area contributed by atoms with Gasteiger partial charge in [0.05, 0.1) is 5.70 Å². The standard InChI is InChI=1S/C23H33N3O4/c1-6-24-23(29)22(16(5)25-15(4)17-10-8-7-9-11-17)26-30-21-12-18(14(2)3)19(27)13-20(21)28/h12-14,17,25,27-28H,4-11H2,1-3H3,(H,24,29)/b26-22+. The average molecular weight is 416 g/mol. The second kappa shape index (κ2) is 10.7. The molecule has 0 atom stereocenters. The van der Waals surface area contributed by atoms with Crippen LogP contribution in [0.3, 0.4) is 0 Å². The predicted molar refractivity (Wildman–Crippen MR) is 119 cm³/mol.